The van der Waals surface area contributed by atoms with E-state index in [0.29, 0.717) is 50.8 Å². The molecule has 0 bridgehead atoms. The average Bonchev–Trinajstić information content (AvgIpc) is 1.70. The van der Waals surface area contributed by atoms with Crippen LogP contribution in [-0.2, 0) is 14.4 Å². The van der Waals surface area contributed by atoms with Gasteiger partial charge in [0.05, 0.1) is 53.5 Å². The molecule has 9 rings (SSSR count). The number of halogens is 3. The van der Waals surface area contributed by atoms with Crippen molar-refractivity contribution in [2.45, 2.75) is 85.9 Å². The van der Waals surface area contributed by atoms with Crippen molar-refractivity contribution < 1.29 is 61.4 Å². The van der Waals surface area contributed by atoms with Crippen LogP contribution in [0.2, 0.25) is 0 Å². The van der Waals surface area contributed by atoms with Gasteiger partial charge in [-0.05, 0) is 177 Å². The molecule has 10 amide bonds. The standard InChI is InChI=1S/C21H19FN4O3.C21H18FN3O3.C20H16FN3O4/c1-12-10-13(7-9-17(12)23-4)25-19(28)21(2,3)26(20(25)29)14-6-8-15(16(22)11-14)18(27)24-5;1-12-10-14(7-9-18(12)23-5)24-19(27)21(3,4)25(20(24)28)15-6-8-16(13(2)26)17(22)11-15;1-11-9-12(6-8-16(11)22-4)23-18(27)20(2,3)24(19(23)28)13-5-7-14(17(25)26)15(21)10-13/h6-11H,1-3,5H3,(H,24,27);6-11H,1-4H3;5-10H,1-3H3,(H,25,26). The Morgan fingerprint density at radius 1 is 0.447 bits per heavy atom. The zero-order valence-electron chi connectivity index (χ0n) is 47.7. The smallest absolute Gasteiger partial charge is 0.338 e. The van der Waals surface area contributed by atoms with E-state index in [1.165, 1.54) is 92.2 Å². The van der Waals surface area contributed by atoms with Crippen molar-refractivity contribution in [2.75, 3.05) is 36.4 Å². The maximum absolute atomic E-state index is 14.4. The quantitative estimate of drug-likeness (QED) is 0.0792. The summed E-state index contributed by atoms with van der Waals surface area (Å²) < 4.78 is 42.9. The van der Waals surface area contributed by atoms with Gasteiger partial charge in [0, 0.05) is 24.1 Å². The fourth-order valence-corrected chi connectivity index (χ4v) is 9.79. The van der Waals surface area contributed by atoms with Gasteiger partial charge in [0.1, 0.15) is 34.1 Å². The first-order chi connectivity index (χ1) is 39.8. The molecule has 3 fully saturated rings. The number of nitrogens with zero attached hydrogens (tertiary/aromatic N) is 9. The number of ketones is 1. The molecule has 0 spiro atoms. The predicted octanol–water partition coefficient (Wildman–Crippen LogP) is 12.6. The largest absolute Gasteiger partial charge is 0.478 e. The van der Waals surface area contributed by atoms with Crippen LogP contribution in [0.15, 0.2) is 109 Å². The van der Waals surface area contributed by atoms with Gasteiger partial charge in [-0.1, -0.05) is 18.2 Å². The van der Waals surface area contributed by atoms with Gasteiger partial charge in [0.2, 0.25) is 0 Å². The third-order valence-corrected chi connectivity index (χ3v) is 14.4. The van der Waals surface area contributed by atoms with E-state index in [1.54, 1.807) is 78.8 Å². The topological polar surface area (TPSA) is 218 Å². The number of imide groups is 3. The fourth-order valence-electron chi connectivity index (χ4n) is 9.79. The number of nitrogens with one attached hydrogen (secondary N) is 1. The van der Waals surface area contributed by atoms with Crippen LogP contribution in [0.1, 0.15) is 96.2 Å². The first-order valence-corrected chi connectivity index (χ1v) is 25.7. The van der Waals surface area contributed by atoms with Gasteiger partial charge in [-0.25, -0.2) is 61.6 Å². The first-order valence-electron chi connectivity index (χ1n) is 25.7. The molecule has 3 aliphatic heterocycles. The number of amides is 10. The highest BCUT2D eigenvalue weighted by Gasteiger charge is 2.55. The van der Waals surface area contributed by atoms with Crippen molar-refractivity contribution in [1.82, 2.24) is 5.32 Å². The number of carboxylic acid groups (broad SMARTS) is 1. The van der Waals surface area contributed by atoms with E-state index < -0.39 is 93.1 Å². The van der Waals surface area contributed by atoms with Gasteiger partial charge >= 0.3 is 24.1 Å². The Morgan fingerprint density at radius 3 is 0.953 bits per heavy atom. The fraction of sp³-hybridized carbons (Fsp3) is 0.226. The van der Waals surface area contributed by atoms with E-state index in [9.17, 15) is 56.3 Å². The van der Waals surface area contributed by atoms with Gasteiger partial charge in [-0.2, -0.15) is 0 Å². The summed E-state index contributed by atoms with van der Waals surface area (Å²) in [5, 5.41) is 11.3. The van der Waals surface area contributed by atoms with Crippen molar-refractivity contribution >= 4 is 105 Å². The van der Waals surface area contributed by atoms with Gasteiger partial charge < -0.3 is 10.4 Å². The zero-order chi connectivity index (χ0) is 63.1. The molecule has 3 saturated heterocycles. The minimum atomic E-state index is -1.43. The van der Waals surface area contributed by atoms with Crippen LogP contribution in [0, 0.1) is 57.9 Å². The van der Waals surface area contributed by atoms with Gasteiger partial charge in [-0.15, -0.1) is 0 Å². The lowest BCUT2D eigenvalue weighted by Crippen LogP contribution is -2.44. The Bertz CT molecular complexity index is 3870. The highest BCUT2D eigenvalue weighted by Crippen LogP contribution is 2.41. The normalized spacial score (nSPS) is 15.6. The van der Waals surface area contributed by atoms with Crippen LogP contribution in [-0.4, -0.2) is 82.2 Å². The summed E-state index contributed by atoms with van der Waals surface area (Å²) in [5.74, 6) is -6.46. The molecule has 2 N–H and O–H groups in total. The molecule has 6 aromatic carbocycles. The molecule has 23 heteroatoms. The Morgan fingerprint density at radius 2 is 0.718 bits per heavy atom. The van der Waals surface area contributed by atoms with Gasteiger partial charge in [0.15, 0.2) is 22.8 Å². The summed E-state index contributed by atoms with van der Waals surface area (Å²) in [5.41, 5.74) is -0.0606. The van der Waals surface area contributed by atoms with Crippen LogP contribution < -0.4 is 34.7 Å². The summed E-state index contributed by atoms with van der Waals surface area (Å²) in [6.45, 7) is 37.1. The summed E-state index contributed by atoms with van der Waals surface area (Å²) >= 11 is 0. The molecule has 0 radical (unpaired) electrons. The summed E-state index contributed by atoms with van der Waals surface area (Å²) in [6.07, 6.45) is 0. The van der Waals surface area contributed by atoms with Gasteiger partial charge in [-0.3, -0.25) is 38.7 Å². The molecular formula is C62H53F3N10O10. The Hall–Kier alpha value is -11.0. The van der Waals surface area contributed by atoms with Crippen molar-refractivity contribution in [3.63, 3.8) is 0 Å². The van der Waals surface area contributed by atoms with E-state index in [1.807, 2.05) is 0 Å². The highest BCUT2D eigenvalue weighted by atomic mass is 19.1. The molecular weight excluding hydrogens is 1100 g/mol. The molecule has 0 aromatic heterocycles. The van der Waals surface area contributed by atoms with E-state index in [4.69, 9.17) is 24.8 Å². The summed E-state index contributed by atoms with van der Waals surface area (Å²) in [4.78, 5) is 129. The molecule has 20 nitrogen and oxygen atoms in total. The van der Waals surface area contributed by atoms with Crippen molar-refractivity contribution in [2.24, 2.45) is 0 Å². The van der Waals surface area contributed by atoms with Crippen LogP contribution in [0.4, 0.5) is 78.7 Å². The Kier molecular flexibility index (Phi) is 16.8. The van der Waals surface area contributed by atoms with Crippen molar-refractivity contribution in [1.29, 1.82) is 0 Å². The summed E-state index contributed by atoms with van der Waals surface area (Å²) in [7, 11) is 1.39. The molecule has 3 aliphatic rings. The number of aromatic carboxylic acids is 1. The number of carboxylic acids is 1. The lowest BCUT2D eigenvalue weighted by Gasteiger charge is -2.27. The lowest BCUT2D eigenvalue weighted by atomic mass is 10.0. The molecule has 0 aliphatic carbocycles. The zero-order valence-corrected chi connectivity index (χ0v) is 47.7. The molecule has 85 heavy (non-hydrogen) atoms. The number of carbonyl (C=O) groups is 9. The molecule has 432 valence electrons. The molecule has 0 saturated carbocycles. The predicted molar refractivity (Wildman–Crippen MR) is 310 cm³/mol. The number of hydrogen-bond donors (Lipinski definition) is 2. The maximum Gasteiger partial charge on any atom is 0.338 e. The minimum absolute atomic E-state index is 0.0721. The van der Waals surface area contributed by atoms with Crippen LogP contribution in [0.5, 0.6) is 0 Å². The number of rotatable bonds is 9. The van der Waals surface area contributed by atoms with Gasteiger partial charge in [0.25, 0.3) is 23.6 Å². The second-order valence-corrected chi connectivity index (χ2v) is 21.1. The number of Topliss-reactive ketones (excluding diaryl/α,β-unsaturated/α-hetero) is 1. The van der Waals surface area contributed by atoms with E-state index in [2.05, 4.69) is 19.9 Å². The molecule has 3 heterocycles. The molecule has 0 unspecified atom stereocenters. The maximum atomic E-state index is 14.4. The average molecular weight is 1160 g/mol. The van der Waals surface area contributed by atoms with E-state index >= 15 is 0 Å². The van der Waals surface area contributed by atoms with Crippen molar-refractivity contribution in [3.05, 3.63) is 194 Å². The number of anilines is 6. The van der Waals surface area contributed by atoms with E-state index in [0.717, 1.165) is 43.9 Å². The minimum Gasteiger partial charge on any atom is -0.478 e. The van der Waals surface area contributed by atoms with Crippen LogP contribution >= 0.6 is 0 Å². The third kappa shape index (κ3) is 11.0. The third-order valence-electron chi connectivity index (χ3n) is 14.4. The Labute approximate surface area is 486 Å². The number of urea groups is 3. The highest BCUT2D eigenvalue weighted by molar-refractivity contribution is 6.32. The van der Waals surface area contributed by atoms with E-state index in [-0.39, 0.29) is 28.2 Å². The SMILES string of the molecule is [C-]#[N+]c1ccc(N2C(=O)N(c3ccc(C(=O)NC)c(F)c3)C(C)(C)C2=O)cc1C.[C-]#[N+]c1ccc(N2C(=O)N(c3ccc(C(=O)O)c(F)c3)C(C)(C)C2=O)cc1C.[C-]#[N+]c1ccc(N2C(=O)N(c3ccc(C(C)=O)c(F)c3)C(C)(C)C2=O)cc1C. The number of benzene rings is 6. The number of carbonyl (C=O) groups excluding carboxylic acids is 8. The van der Waals surface area contributed by atoms with Crippen LogP contribution in [0.3, 0.4) is 0 Å². The van der Waals surface area contributed by atoms with Crippen LogP contribution in [0.25, 0.3) is 14.5 Å². The second kappa shape index (κ2) is 23.1. The number of hydrogen-bond acceptors (Lipinski definition) is 9. The first kappa shape index (κ1) is 61.6. The lowest BCUT2D eigenvalue weighted by molar-refractivity contribution is -0.121. The Balaban J connectivity index is 0.000000183. The van der Waals surface area contributed by atoms with Crippen molar-refractivity contribution in [3.8, 4) is 0 Å². The monoisotopic (exact) mass is 1150 g/mol. The summed E-state index contributed by atoms with van der Waals surface area (Å²) in [6, 6.07) is 22.9. The molecule has 0 atom stereocenters. The second-order valence-electron chi connectivity index (χ2n) is 21.1. The molecule has 6 aromatic rings. The number of aryl methyl sites for hydroxylation is 3.